The van der Waals surface area contributed by atoms with Crippen LogP contribution in [0.2, 0.25) is 0 Å². The summed E-state index contributed by atoms with van der Waals surface area (Å²) in [5.41, 5.74) is 4.66. The smallest absolute Gasteiger partial charge is 0.175 e. The van der Waals surface area contributed by atoms with Gasteiger partial charge in [-0.1, -0.05) is 33.5 Å². The van der Waals surface area contributed by atoms with Crippen molar-refractivity contribution >= 4 is 33.5 Å². The van der Waals surface area contributed by atoms with E-state index in [4.69, 9.17) is 33.6 Å². The van der Waals surface area contributed by atoms with Gasteiger partial charge in [0.15, 0.2) is 10.3 Å². The van der Waals surface area contributed by atoms with Gasteiger partial charge >= 0.3 is 0 Å². The summed E-state index contributed by atoms with van der Waals surface area (Å²) in [6, 6.07) is 0. The molecule has 0 aromatic heterocycles. The van der Waals surface area contributed by atoms with E-state index in [9.17, 15) is 0 Å². The number of oxime groups is 2. The molecule has 1 rings (SSSR count). The van der Waals surface area contributed by atoms with Crippen LogP contribution in [0.4, 0.5) is 0 Å². The van der Waals surface area contributed by atoms with Gasteiger partial charge in [0.2, 0.25) is 0 Å². The molecule has 4 nitrogen and oxygen atoms in total. The minimum Gasteiger partial charge on any atom is -0.410 e. The summed E-state index contributed by atoms with van der Waals surface area (Å²) in [5.74, 6) is 0. The van der Waals surface area contributed by atoms with Gasteiger partial charge in [-0.05, 0) is 49.9 Å². The van der Waals surface area contributed by atoms with E-state index < -0.39 is 0 Å². The second kappa shape index (κ2) is 5.59. The summed E-state index contributed by atoms with van der Waals surface area (Å²) in [6.07, 6.45) is 0. The van der Waals surface area contributed by atoms with Gasteiger partial charge < -0.3 is 10.4 Å². The number of nitrogens with zero attached hydrogens (tertiary/aromatic N) is 2. The monoisotopic (exact) mass is 288 g/mol. The van der Waals surface area contributed by atoms with Gasteiger partial charge in [-0.2, -0.15) is 0 Å². The highest BCUT2D eigenvalue weighted by Crippen LogP contribution is 2.29. The van der Waals surface area contributed by atoms with Crippen molar-refractivity contribution in [3.63, 3.8) is 0 Å². The minimum absolute atomic E-state index is 0.0276. The maximum absolute atomic E-state index is 8.81. The maximum atomic E-state index is 8.81. The van der Waals surface area contributed by atoms with Crippen LogP contribution in [0.3, 0.4) is 0 Å². The number of rotatable bonds is 2. The molecule has 2 N–H and O–H groups in total. The Labute approximate surface area is 116 Å². The van der Waals surface area contributed by atoms with Crippen LogP contribution in [0, 0.1) is 27.7 Å². The Kier molecular flexibility index (Phi) is 4.59. The Hall–Kier alpha value is -1.26. The summed E-state index contributed by atoms with van der Waals surface area (Å²) in [7, 11) is 0. The zero-order chi connectivity index (χ0) is 14.0. The Bertz CT molecular complexity index is 473. The first-order chi connectivity index (χ1) is 8.36. The van der Waals surface area contributed by atoms with E-state index in [1.54, 1.807) is 0 Å². The second-order valence-electron chi connectivity index (χ2n) is 4.03. The molecule has 1 aromatic rings. The topological polar surface area (TPSA) is 65.2 Å². The van der Waals surface area contributed by atoms with Crippen molar-refractivity contribution in [2.24, 2.45) is 10.3 Å². The lowest BCUT2D eigenvalue weighted by Gasteiger charge is -2.18. The summed E-state index contributed by atoms with van der Waals surface area (Å²) in [6.45, 7) is 7.37. The van der Waals surface area contributed by atoms with Crippen LogP contribution < -0.4 is 0 Å². The fraction of sp³-hybridized carbons (Fsp3) is 0.333. The highest BCUT2D eigenvalue weighted by molar-refractivity contribution is 6.70. The first-order valence-electron chi connectivity index (χ1n) is 5.23. The molecule has 6 heteroatoms. The van der Waals surface area contributed by atoms with Gasteiger partial charge in [-0.25, -0.2) is 0 Å². The molecule has 0 heterocycles. The molecule has 0 amide bonds. The molecule has 0 saturated heterocycles. The first kappa shape index (κ1) is 14.8. The molecule has 0 radical (unpaired) electrons. The summed E-state index contributed by atoms with van der Waals surface area (Å²) in [5, 5.41) is 23.7. The molecule has 0 saturated carbocycles. The fourth-order valence-corrected chi connectivity index (χ4v) is 2.60. The van der Waals surface area contributed by atoms with Gasteiger partial charge in [0.1, 0.15) is 0 Å². The normalized spacial score (nSPS) is 13.0. The molecule has 0 bridgehead atoms. The zero-order valence-electron chi connectivity index (χ0n) is 10.5. The Balaban J connectivity index is 3.77. The van der Waals surface area contributed by atoms with Crippen LogP contribution >= 0.6 is 23.2 Å². The van der Waals surface area contributed by atoms with Crippen LogP contribution in [-0.2, 0) is 0 Å². The fourth-order valence-electron chi connectivity index (χ4n) is 2.03. The van der Waals surface area contributed by atoms with Gasteiger partial charge in [0.25, 0.3) is 0 Å². The predicted octanol–water partition coefficient (Wildman–Crippen LogP) is 3.67. The highest BCUT2D eigenvalue weighted by Gasteiger charge is 2.20. The summed E-state index contributed by atoms with van der Waals surface area (Å²) < 4.78 is 0. The molecule has 0 aliphatic carbocycles. The SMILES string of the molecule is Cc1c(C)c(C(Cl)=NO)c(C)c(C)c1C(Cl)=NO. The van der Waals surface area contributed by atoms with Crippen LogP contribution in [-0.4, -0.2) is 20.8 Å². The maximum Gasteiger partial charge on any atom is 0.175 e. The Morgan fingerprint density at radius 1 is 0.722 bits per heavy atom. The van der Waals surface area contributed by atoms with Crippen molar-refractivity contribution in [1.29, 1.82) is 0 Å². The second-order valence-corrected chi connectivity index (χ2v) is 4.75. The van der Waals surface area contributed by atoms with Gasteiger partial charge in [0.05, 0.1) is 0 Å². The van der Waals surface area contributed by atoms with E-state index in [-0.39, 0.29) is 10.3 Å². The standard InChI is InChI=1S/C12H14Cl2N2O2/c1-5-6(2)10(12(14)16-18)8(4)7(3)9(5)11(13)15-17/h17-18H,1-4H3. The van der Waals surface area contributed by atoms with E-state index in [1.807, 2.05) is 27.7 Å². The summed E-state index contributed by atoms with van der Waals surface area (Å²) >= 11 is 11.8. The lowest BCUT2D eigenvalue weighted by atomic mass is 9.89. The van der Waals surface area contributed by atoms with Gasteiger partial charge in [0, 0.05) is 11.1 Å². The van der Waals surface area contributed by atoms with Crippen molar-refractivity contribution in [3.8, 4) is 0 Å². The molecule has 0 fully saturated rings. The van der Waals surface area contributed by atoms with Crippen LogP contribution in [0.15, 0.2) is 10.3 Å². The Morgan fingerprint density at radius 3 is 1.11 bits per heavy atom. The average Bonchev–Trinajstić information content (AvgIpc) is 2.36. The van der Waals surface area contributed by atoms with Crippen LogP contribution in [0.5, 0.6) is 0 Å². The molecule has 1 aromatic carbocycles. The average molecular weight is 289 g/mol. The molecular formula is C12H14Cl2N2O2. The third kappa shape index (κ3) is 2.31. The van der Waals surface area contributed by atoms with Crippen LogP contribution in [0.25, 0.3) is 0 Å². The van der Waals surface area contributed by atoms with E-state index >= 15 is 0 Å². The van der Waals surface area contributed by atoms with E-state index in [0.29, 0.717) is 11.1 Å². The zero-order valence-corrected chi connectivity index (χ0v) is 12.1. The summed E-state index contributed by atoms with van der Waals surface area (Å²) in [4.78, 5) is 0. The molecule has 98 valence electrons. The molecule has 18 heavy (non-hydrogen) atoms. The molecule has 0 aliphatic rings. The molecule has 0 unspecified atom stereocenters. The van der Waals surface area contributed by atoms with Gasteiger partial charge in [-0.3, -0.25) is 0 Å². The van der Waals surface area contributed by atoms with E-state index in [1.165, 1.54) is 0 Å². The number of hydrogen-bond acceptors (Lipinski definition) is 4. The van der Waals surface area contributed by atoms with Crippen LogP contribution in [0.1, 0.15) is 33.4 Å². The lowest BCUT2D eigenvalue weighted by molar-refractivity contribution is 0.320. The lowest BCUT2D eigenvalue weighted by Crippen LogP contribution is -2.10. The van der Waals surface area contributed by atoms with Gasteiger partial charge in [-0.15, -0.1) is 0 Å². The Morgan fingerprint density at radius 2 is 0.944 bits per heavy atom. The molecular weight excluding hydrogens is 275 g/mol. The molecule has 0 atom stereocenters. The molecule has 0 spiro atoms. The highest BCUT2D eigenvalue weighted by atomic mass is 35.5. The number of hydrogen-bond donors (Lipinski definition) is 2. The predicted molar refractivity (Wildman–Crippen MR) is 73.7 cm³/mol. The van der Waals surface area contributed by atoms with Crippen molar-refractivity contribution < 1.29 is 10.4 Å². The van der Waals surface area contributed by atoms with E-state index in [2.05, 4.69) is 10.3 Å². The minimum atomic E-state index is 0.0276. The van der Waals surface area contributed by atoms with E-state index in [0.717, 1.165) is 22.3 Å². The van der Waals surface area contributed by atoms with Crippen molar-refractivity contribution in [3.05, 3.63) is 33.4 Å². The molecule has 0 aliphatic heterocycles. The number of halogens is 2. The van der Waals surface area contributed by atoms with Crippen molar-refractivity contribution in [1.82, 2.24) is 0 Å². The van der Waals surface area contributed by atoms with Crippen molar-refractivity contribution in [2.75, 3.05) is 0 Å². The largest absolute Gasteiger partial charge is 0.410 e. The number of benzene rings is 1. The van der Waals surface area contributed by atoms with Crippen molar-refractivity contribution in [2.45, 2.75) is 27.7 Å². The third-order valence-electron chi connectivity index (χ3n) is 3.21. The third-order valence-corrected chi connectivity index (χ3v) is 3.74. The quantitative estimate of drug-likeness (QED) is 0.495. The first-order valence-corrected chi connectivity index (χ1v) is 5.98.